The van der Waals surface area contributed by atoms with Crippen LogP contribution in [0.2, 0.25) is 0 Å². The molecular formula is C34H43N5O3. The fourth-order valence-corrected chi connectivity index (χ4v) is 6.71. The van der Waals surface area contributed by atoms with E-state index in [1.165, 1.54) is 11.1 Å². The first-order valence-electron chi connectivity index (χ1n) is 15.4. The Morgan fingerprint density at radius 2 is 1.55 bits per heavy atom. The summed E-state index contributed by atoms with van der Waals surface area (Å²) in [7, 11) is 1.69. The standard InChI is InChI=1S/C34H43N5O3/c1-23(2)42-34-29(33(41-4)35-32(36-34)27-15-16-27)21-37-19-28-20-38(24(3)40)17-18-39(28)30(22-37)31(25-11-7-5-8-12-25)26-13-9-6-10-14-26/h5-14,23,27-28,30-31H,15-22H2,1-4H3. The van der Waals surface area contributed by atoms with Gasteiger partial charge in [0.1, 0.15) is 5.82 Å². The molecule has 3 fully saturated rings. The molecule has 3 aromatic rings. The molecule has 8 heteroatoms. The van der Waals surface area contributed by atoms with Gasteiger partial charge in [-0.05, 0) is 37.8 Å². The molecule has 1 amide bonds. The molecular weight excluding hydrogens is 526 g/mol. The van der Waals surface area contributed by atoms with Crippen LogP contribution in [0, 0.1) is 0 Å². The Kier molecular flexibility index (Phi) is 8.45. The molecule has 2 atom stereocenters. The molecule has 0 bridgehead atoms. The van der Waals surface area contributed by atoms with Gasteiger partial charge >= 0.3 is 0 Å². The van der Waals surface area contributed by atoms with Crippen LogP contribution in [0.3, 0.4) is 0 Å². The lowest BCUT2D eigenvalue weighted by atomic mass is 9.81. The summed E-state index contributed by atoms with van der Waals surface area (Å²) in [6.07, 6.45) is 2.21. The van der Waals surface area contributed by atoms with Crippen molar-refractivity contribution in [3.05, 3.63) is 83.2 Å². The molecule has 3 aliphatic rings. The number of methoxy groups -OCH3 is 1. The van der Waals surface area contributed by atoms with Crippen LogP contribution >= 0.6 is 0 Å². The van der Waals surface area contributed by atoms with Gasteiger partial charge in [-0.25, -0.2) is 0 Å². The smallest absolute Gasteiger partial charge is 0.225 e. The van der Waals surface area contributed by atoms with Gasteiger partial charge in [-0.1, -0.05) is 60.7 Å². The van der Waals surface area contributed by atoms with E-state index in [-0.39, 0.29) is 30.0 Å². The number of benzene rings is 2. The minimum absolute atomic E-state index is 0.0111. The average molecular weight is 570 g/mol. The number of amides is 1. The molecule has 2 unspecified atom stereocenters. The maximum Gasteiger partial charge on any atom is 0.225 e. The predicted octanol–water partition coefficient (Wildman–Crippen LogP) is 4.70. The van der Waals surface area contributed by atoms with Crippen molar-refractivity contribution in [2.75, 3.05) is 39.8 Å². The SMILES string of the molecule is COc1nc(C2CC2)nc(OC(C)C)c1CN1CC2CN(C(C)=O)CCN2C(C(c2ccccc2)c2ccccc2)C1. The first-order valence-corrected chi connectivity index (χ1v) is 15.4. The summed E-state index contributed by atoms with van der Waals surface area (Å²) in [5.74, 6) is 2.79. The van der Waals surface area contributed by atoms with Crippen molar-refractivity contribution < 1.29 is 14.3 Å². The summed E-state index contributed by atoms with van der Waals surface area (Å²) in [4.78, 5) is 29.4. The van der Waals surface area contributed by atoms with E-state index < -0.39 is 0 Å². The third-order valence-electron chi connectivity index (χ3n) is 8.83. The van der Waals surface area contributed by atoms with Gasteiger partial charge in [0.15, 0.2) is 0 Å². The highest BCUT2D eigenvalue weighted by molar-refractivity contribution is 5.73. The Bertz CT molecular complexity index is 1320. The van der Waals surface area contributed by atoms with Crippen LogP contribution in [0.4, 0.5) is 0 Å². The van der Waals surface area contributed by atoms with E-state index in [2.05, 4.69) is 70.5 Å². The highest BCUT2D eigenvalue weighted by atomic mass is 16.5. The Hall–Kier alpha value is -3.49. The van der Waals surface area contributed by atoms with Gasteiger partial charge in [-0.2, -0.15) is 9.97 Å². The largest absolute Gasteiger partial charge is 0.481 e. The number of hydrogen-bond acceptors (Lipinski definition) is 7. The number of rotatable bonds is 9. The molecule has 8 nitrogen and oxygen atoms in total. The van der Waals surface area contributed by atoms with Crippen LogP contribution in [-0.4, -0.2) is 88.6 Å². The van der Waals surface area contributed by atoms with Crippen LogP contribution in [0.1, 0.15) is 68.0 Å². The third kappa shape index (κ3) is 6.15. The zero-order valence-electron chi connectivity index (χ0n) is 25.3. The number of piperazine rings is 2. The average Bonchev–Trinajstić information content (AvgIpc) is 3.84. The number of carbonyl (C=O) groups is 1. The van der Waals surface area contributed by atoms with Crippen molar-refractivity contribution in [1.82, 2.24) is 24.7 Å². The minimum atomic E-state index is -0.0111. The Morgan fingerprint density at radius 3 is 2.12 bits per heavy atom. The monoisotopic (exact) mass is 569 g/mol. The van der Waals surface area contributed by atoms with Crippen molar-refractivity contribution in [3.8, 4) is 11.8 Å². The number of hydrogen-bond donors (Lipinski definition) is 0. The number of fused-ring (bicyclic) bond motifs is 1. The lowest BCUT2D eigenvalue weighted by Gasteiger charge is -2.53. The Balaban J connectivity index is 1.38. The molecule has 1 aliphatic carbocycles. The van der Waals surface area contributed by atoms with E-state index in [4.69, 9.17) is 19.4 Å². The molecule has 222 valence electrons. The minimum Gasteiger partial charge on any atom is -0.481 e. The van der Waals surface area contributed by atoms with Gasteiger partial charge in [-0.15, -0.1) is 0 Å². The molecule has 2 saturated heterocycles. The van der Waals surface area contributed by atoms with Gasteiger partial charge in [0, 0.05) is 70.1 Å². The topological polar surface area (TPSA) is 71.0 Å². The summed E-state index contributed by atoms with van der Waals surface area (Å²) in [6.45, 7) is 10.4. The number of carbonyl (C=O) groups excluding carboxylic acids is 1. The van der Waals surface area contributed by atoms with E-state index in [0.29, 0.717) is 24.2 Å². The van der Waals surface area contributed by atoms with Crippen LogP contribution in [0.25, 0.3) is 0 Å². The fraction of sp³-hybridized carbons (Fsp3) is 0.500. The molecule has 1 saturated carbocycles. The maximum atomic E-state index is 12.5. The Morgan fingerprint density at radius 1 is 0.905 bits per heavy atom. The van der Waals surface area contributed by atoms with Gasteiger partial charge < -0.3 is 14.4 Å². The second-order valence-electron chi connectivity index (χ2n) is 12.2. The molecule has 0 radical (unpaired) electrons. The van der Waals surface area contributed by atoms with Crippen molar-refractivity contribution in [1.29, 1.82) is 0 Å². The van der Waals surface area contributed by atoms with Crippen molar-refractivity contribution in [2.45, 2.75) is 70.2 Å². The van der Waals surface area contributed by atoms with Crippen LogP contribution < -0.4 is 9.47 Å². The molecule has 42 heavy (non-hydrogen) atoms. The first-order chi connectivity index (χ1) is 20.4. The van der Waals surface area contributed by atoms with Crippen molar-refractivity contribution in [2.24, 2.45) is 0 Å². The summed E-state index contributed by atoms with van der Waals surface area (Å²) in [5.41, 5.74) is 3.52. The molecule has 0 N–H and O–H groups in total. The summed E-state index contributed by atoms with van der Waals surface area (Å²) >= 11 is 0. The molecule has 3 heterocycles. The van der Waals surface area contributed by atoms with E-state index in [9.17, 15) is 4.79 Å². The second-order valence-corrected chi connectivity index (χ2v) is 12.2. The Labute approximate surface area is 249 Å². The lowest BCUT2D eigenvalue weighted by molar-refractivity contribution is -0.134. The van der Waals surface area contributed by atoms with Crippen LogP contribution in [-0.2, 0) is 11.3 Å². The summed E-state index contributed by atoms with van der Waals surface area (Å²) in [6, 6.07) is 22.1. The van der Waals surface area contributed by atoms with E-state index >= 15 is 0 Å². The van der Waals surface area contributed by atoms with E-state index in [1.807, 2.05) is 18.7 Å². The second kappa shape index (κ2) is 12.4. The number of ether oxygens (including phenoxy) is 2. The molecule has 1 aromatic heterocycles. The molecule has 0 spiro atoms. The number of aromatic nitrogens is 2. The van der Waals surface area contributed by atoms with Gasteiger partial charge in [0.2, 0.25) is 17.7 Å². The van der Waals surface area contributed by atoms with Crippen molar-refractivity contribution in [3.63, 3.8) is 0 Å². The zero-order valence-corrected chi connectivity index (χ0v) is 25.3. The molecule has 2 aliphatic heterocycles. The predicted molar refractivity (Wildman–Crippen MR) is 163 cm³/mol. The molecule has 2 aromatic carbocycles. The first kappa shape index (κ1) is 28.6. The van der Waals surface area contributed by atoms with E-state index in [1.54, 1.807) is 14.0 Å². The van der Waals surface area contributed by atoms with Crippen LogP contribution in [0.15, 0.2) is 60.7 Å². The molecule has 6 rings (SSSR count). The maximum absolute atomic E-state index is 12.5. The van der Waals surface area contributed by atoms with Crippen LogP contribution in [0.5, 0.6) is 11.8 Å². The quantitative estimate of drug-likeness (QED) is 0.370. The zero-order chi connectivity index (χ0) is 29.2. The third-order valence-corrected chi connectivity index (χ3v) is 8.83. The summed E-state index contributed by atoms with van der Waals surface area (Å²) < 4.78 is 12.2. The normalized spacial score (nSPS) is 21.4. The highest BCUT2D eigenvalue weighted by Gasteiger charge is 2.43. The number of nitrogens with zero attached hydrogens (tertiary/aromatic N) is 5. The highest BCUT2D eigenvalue weighted by Crippen LogP contribution is 2.42. The summed E-state index contributed by atoms with van der Waals surface area (Å²) in [5, 5.41) is 0. The van der Waals surface area contributed by atoms with Gasteiger partial charge in [0.25, 0.3) is 0 Å². The fourth-order valence-electron chi connectivity index (χ4n) is 6.71. The van der Waals surface area contributed by atoms with E-state index in [0.717, 1.165) is 57.0 Å². The van der Waals surface area contributed by atoms with Crippen molar-refractivity contribution >= 4 is 5.91 Å². The lowest BCUT2D eigenvalue weighted by Crippen LogP contribution is -2.67. The van der Waals surface area contributed by atoms with Gasteiger partial charge in [0.05, 0.1) is 18.8 Å². The van der Waals surface area contributed by atoms with Gasteiger partial charge in [-0.3, -0.25) is 14.6 Å².